The van der Waals surface area contributed by atoms with Crippen molar-refractivity contribution in [3.8, 4) is 0 Å². The van der Waals surface area contributed by atoms with Crippen LogP contribution in [0.4, 0.5) is 5.13 Å². The number of amides is 1. The van der Waals surface area contributed by atoms with Crippen molar-refractivity contribution in [3.63, 3.8) is 0 Å². The summed E-state index contributed by atoms with van der Waals surface area (Å²) in [7, 11) is 0. The summed E-state index contributed by atoms with van der Waals surface area (Å²) >= 11 is 4.91. The number of benzene rings is 3. The predicted octanol–water partition coefficient (Wildman–Crippen LogP) is 5.46. The Balaban J connectivity index is 1.64. The number of anilines is 1. The monoisotopic (exact) mass is 382 g/mol. The van der Waals surface area contributed by atoms with E-state index in [1.54, 1.807) is 0 Å². The average Bonchev–Trinajstić information content (AvgIpc) is 2.95. The SMILES string of the molecule is O=C(Nc1nc2ccc(Br)cc2s1)c1ccc2ccccc2c1. The maximum Gasteiger partial charge on any atom is 0.257 e. The lowest BCUT2D eigenvalue weighted by atomic mass is 10.1. The molecule has 1 N–H and O–H groups in total. The fourth-order valence-corrected chi connectivity index (χ4v) is 3.86. The molecule has 3 aromatic carbocycles. The Morgan fingerprint density at radius 1 is 1.00 bits per heavy atom. The Kier molecular flexibility index (Phi) is 3.59. The van der Waals surface area contributed by atoms with Gasteiger partial charge in [0.2, 0.25) is 0 Å². The van der Waals surface area contributed by atoms with E-state index < -0.39 is 0 Å². The molecule has 0 fully saturated rings. The minimum absolute atomic E-state index is 0.145. The standard InChI is InChI=1S/C18H11BrN2OS/c19-14-7-8-15-16(10-14)23-18(20-15)21-17(22)13-6-5-11-3-1-2-4-12(11)9-13/h1-10H,(H,20,21,22). The molecule has 0 aliphatic rings. The maximum atomic E-state index is 12.4. The molecule has 1 amide bonds. The Hall–Kier alpha value is -2.24. The molecular weight excluding hydrogens is 372 g/mol. The quantitative estimate of drug-likeness (QED) is 0.499. The van der Waals surface area contributed by atoms with E-state index in [-0.39, 0.29) is 5.91 Å². The number of hydrogen-bond acceptors (Lipinski definition) is 3. The van der Waals surface area contributed by atoms with Crippen LogP contribution in [0.5, 0.6) is 0 Å². The summed E-state index contributed by atoms with van der Waals surface area (Å²) in [5.41, 5.74) is 1.51. The summed E-state index contributed by atoms with van der Waals surface area (Å²) in [5.74, 6) is -0.145. The highest BCUT2D eigenvalue weighted by molar-refractivity contribution is 9.10. The van der Waals surface area contributed by atoms with Crippen molar-refractivity contribution in [1.29, 1.82) is 0 Å². The fraction of sp³-hybridized carbons (Fsp3) is 0. The number of fused-ring (bicyclic) bond motifs is 2. The number of carbonyl (C=O) groups is 1. The predicted molar refractivity (Wildman–Crippen MR) is 99.2 cm³/mol. The Morgan fingerprint density at radius 3 is 2.70 bits per heavy atom. The number of carbonyl (C=O) groups excluding carboxylic acids is 1. The number of aromatic nitrogens is 1. The van der Waals surface area contributed by atoms with Crippen molar-refractivity contribution in [3.05, 3.63) is 70.7 Å². The van der Waals surface area contributed by atoms with Crippen LogP contribution in [0.2, 0.25) is 0 Å². The van der Waals surface area contributed by atoms with Crippen LogP contribution in [0.25, 0.3) is 21.0 Å². The van der Waals surface area contributed by atoms with E-state index in [4.69, 9.17) is 0 Å². The van der Waals surface area contributed by atoms with Gasteiger partial charge in [-0.15, -0.1) is 0 Å². The molecule has 0 unspecified atom stereocenters. The van der Waals surface area contributed by atoms with Crippen LogP contribution in [0.1, 0.15) is 10.4 Å². The van der Waals surface area contributed by atoms with E-state index >= 15 is 0 Å². The van der Waals surface area contributed by atoms with Crippen LogP contribution in [-0.4, -0.2) is 10.9 Å². The Bertz CT molecular complexity index is 1040. The normalized spacial score (nSPS) is 11.0. The van der Waals surface area contributed by atoms with E-state index in [0.29, 0.717) is 10.7 Å². The molecular formula is C18H11BrN2OS. The van der Waals surface area contributed by atoms with Crippen molar-refractivity contribution >= 4 is 59.3 Å². The van der Waals surface area contributed by atoms with Crippen LogP contribution >= 0.6 is 27.3 Å². The zero-order valence-corrected chi connectivity index (χ0v) is 14.3. The van der Waals surface area contributed by atoms with Crippen LogP contribution in [0.3, 0.4) is 0 Å². The number of rotatable bonds is 2. The van der Waals surface area contributed by atoms with Gasteiger partial charge in [0.25, 0.3) is 5.91 Å². The highest BCUT2D eigenvalue weighted by atomic mass is 79.9. The zero-order chi connectivity index (χ0) is 15.8. The first-order valence-corrected chi connectivity index (χ1v) is 8.66. The first-order chi connectivity index (χ1) is 11.2. The molecule has 0 atom stereocenters. The van der Waals surface area contributed by atoms with Crippen LogP contribution in [-0.2, 0) is 0 Å². The lowest BCUT2D eigenvalue weighted by molar-refractivity contribution is 0.102. The minimum atomic E-state index is -0.145. The third-order valence-electron chi connectivity index (χ3n) is 3.58. The molecule has 4 aromatic rings. The second-order valence-electron chi connectivity index (χ2n) is 5.15. The summed E-state index contributed by atoms with van der Waals surface area (Å²) in [6, 6.07) is 19.5. The summed E-state index contributed by atoms with van der Waals surface area (Å²) < 4.78 is 2.04. The van der Waals surface area contributed by atoms with Gasteiger partial charge in [-0.25, -0.2) is 4.98 Å². The lowest BCUT2D eigenvalue weighted by Crippen LogP contribution is -2.11. The van der Waals surface area contributed by atoms with E-state index in [9.17, 15) is 4.79 Å². The molecule has 4 rings (SSSR count). The van der Waals surface area contributed by atoms with Gasteiger partial charge in [-0.3, -0.25) is 10.1 Å². The topological polar surface area (TPSA) is 42.0 Å². The van der Waals surface area contributed by atoms with Crippen molar-refractivity contribution in [2.75, 3.05) is 5.32 Å². The van der Waals surface area contributed by atoms with Gasteiger partial charge >= 0.3 is 0 Å². The molecule has 5 heteroatoms. The summed E-state index contributed by atoms with van der Waals surface area (Å²) in [6.45, 7) is 0. The smallest absolute Gasteiger partial charge is 0.257 e. The fourth-order valence-electron chi connectivity index (χ4n) is 2.45. The zero-order valence-electron chi connectivity index (χ0n) is 11.9. The van der Waals surface area contributed by atoms with Gasteiger partial charge in [0.1, 0.15) is 0 Å². The van der Waals surface area contributed by atoms with Gasteiger partial charge in [0.05, 0.1) is 10.2 Å². The molecule has 0 aliphatic heterocycles. The molecule has 0 aliphatic carbocycles. The van der Waals surface area contributed by atoms with Crippen LogP contribution < -0.4 is 5.32 Å². The number of nitrogens with one attached hydrogen (secondary N) is 1. The molecule has 0 saturated carbocycles. The highest BCUT2D eigenvalue weighted by Gasteiger charge is 2.10. The second-order valence-corrected chi connectivity index (χ2v) is 7.09. The number of hydrogen-bond donors (Lipinski definition) is 1. The molecule has 3 nitrogen and oxygen atoms in total. The van der Waals surface area contributed by atoms with Crippen molar-refractivity contribution in [1.82, 2.24) is 4.98 Å². The molecule has 112 valence electrons. The second kappa shape index (κ2) is 5.76. The largest absolute Gasteiger partial charge is 0.298 e. The molecule has 23 heavy (non-hydrogen) atoms. The molecule has 0 radical (unpaired) electrons. The van der Waals surface area contributed by atoms with E-state index in [1.807, 2.05) is 60.7 Å². The van der Waals surface area contributed by atoms with Gasteiger partial charge < -0.3 is 0 Å². The summed E-state index contributed by atoms with van der Waals surface area (Å²) in [6.07, 6.45) is 0. The van der Waals surface area contributed by atoms with Crippen molar-refractivity contribution in [2.45, 2.75) is 0 Å². The van der Waals surface area contributed by atoms with Crippen molar-refractivity contribution < 1.29 is 4.79 Å². The molecule has 1 heterocycles. The van der Waals surface area contributed by atoms with E-state index in [2.05, 4.69) is 26.2 Å². The number of thiazole rings is 1. The van der Waals surface area contributed by atoms with Crippen molar-refractivity contribution in [2.24, 2.45) is 0 Å². The van der Waals surface area contributed by atoms with Crippen LogP contribution in [0.15, 0.2) is 65.1 Å². The Morgan fingerprint density at radius 2 is 1.83 bits per heavy atom. The highest BCUT2D eigenvalue weighted by Crippen LogP contribution is 2.28. The van der Waals surface area contributed by atoms with Crippen LogP contribution in [0, 0.1) is 0 Å². The van der Waals surface area contributed by atoms with Gasteiger partial charge in [0.15, 0.2) is 5.13 Å². The molecule has 0 bridgehead atoms. The molecule has 0 spiro atoms. The third-order valence-corrected chi connectivity index (χ3v) is 5.01. The first kappa shape index (κ1) is 14.4. The third kappa shape index (κ3) is 2.85. The van der Waals surface area contributed by atoms with Gasteiger partial charge in [-0.1, -0.05) is 57.6 Å². The number of halogens is 1. The van der Waals surface area contributed by atoms with Gasteiger partial charge in [-0.05, 0) is 41.1 Å². The summed E-state index contributed by atoms with van der Waals surface area (Å²) in [4.78, 5) is 16.9. The van der Waals surface area contributed by atoms with E-state index in [0.717, 1.165) is 25.5 Å². The Labute approximate surface area is 145 Å². The lowest BCUT2D eigenvalue weighted by Gasteiger charge is -2.03. The average molecular weight is 383 g/mol. The molecule has 0 saturated heterocycles. The first-order valence-electron chi connectivity index (χ1n) is 7.05. The van der Waals surface area contributed by atoms with E-state index in [1.165, 1.54) is 11.3 Å². The van der Waals surface area contributed by atoms with Gasteiger partial charge in [0, 0.05) is 10.0 Å². The summed E-state index contributed by atoms with van der Waals surface area (Å²) in [5, 5.41) is 5.66. The van der Waals surface area contributed by atoms with Gasteiger partial charge in [-0.2, -0.15) is 0 Å². The number of nitrogens with zero attached hydrogens (tertiary/aromatic N) is 1. The molecule has 1 aromatic heterocycles. The minimum Gasteiger partial charge on any atom is -0.298 e. The maximum absolute atomic E-state index is 12.4.